The first-order valence-corrected chi connectivity index (χ1v) is 6.38. The second kappa shape index (κ2) is 5.29. The summed E-state index contributed by atoms with van der Waals surface area (Å²) >= 11 is 0. The van der Waals surface area contributed by atoms with Crippen LogP contribution < -0.4 is 11.1 Å². The van der Waals surface area contributed by atoms with Gasteiger partial charge in [0.05, 0.1) is 6.20 Å². The first-order chi connectivity index (χ1) is 9.00. The van der Waals surface area contributed by atoms with Crippen LogP contribution in [0.25, 0.3) is 0 Å². The topological polar surface area (TPSA) is 93.2 Å². The van der Waals surface area contributed by atoms with Crippen molar-refractivity contribution < 1.29 is 9.59 Å². The SMILES string of the molecule is CC(NC(=O)c1cnn(C)c1N)C(=O)N1CCCC1. The highest BCUT2D eigenvalue weighted by molar-refractivity contribution is 6.00. The molecule has 1 saturated heterocycles. The molecule has 7 nitrogen and oxygen atoms in total. The van der Waals surface area contributed by atoms with Gasteiger partial charge in [-0.25, -0.2) is 0 Å². The number of carbonyl (C=O) groups excluding carboxylic acids is 2. The molecule has 2 heterocycles. The molecule has 19 heavy (non-hydrogen) atoms. The molecule has 0 aliphatic carbocycles. The largest absolute Gasteiger partial charge is 0.383 e. The van der Waals surface area contributed by atoms with Crippen LogP contribution in [0.4, 0.5) is 5.82 Å². The summed E-state index contributed by atoms with van der Waals surface area (Å²) in [6.45, 7) is 3.23. The maximum atomic E-state index is 12.1. The fourth-order valence-electron chi connectivity index (χ4n) is 2.17. The molecule has 1 aromatic rings. The fraction of sp³-hybridized carbons (Fsp3) is 0.583. The van der Waals surface area contributed by atoms with Gasteiger partial charge in [0, 0.05) is 20.1 Å². The molecule has 1 fully saturated rings. The third-order valence-corrected chi connectivity index (χ3v) is 3.37. The molecule has 1 aliphatic rings. The van der Waals surface area contributed by atoms with Crippen LogP contribution in [0.5, 0.6) is 0 Å². The van der Waals surface area contributed by atoms with Crippen LogP contribution in [0, 0.1) is 0 Å². The Morgan fingerprint density at radius 1 is 1.42 bits per heavy atom. The lowest BCUT2D eigenvalue weighted by Gasteiger charge is -2.20. The van der Waals surface area contributed by atoms with Gasteiger partial charge in [0.25, 0.3) is 5.91 Å². The number of anilines is 1. The summed E-state index contributed by atoms with van der Waals surface area (Å²) in [6.07, 6.45) is 3.46. The van der Waals surface area contributed by atoms with Crippen molar-refractivity contribution in [1.29, 1.82) is 0 Å². The monoisotopic (exact) mass is 265 g/mol. The summed E-state index contributed by atoms with van der Waals surface area (Å²) in [5.74, 6) is -0.128. The number of nitrogen functional groups attached to an aromatic ring is 1. The summed E-state index contributed by atoms with van der Waals surface area (Å²) in [5, 5.41) is 6.57. The first kappa shape index (κ1) is 13.4. The number of nitrogens with one attached hydrogen (secondary N) is 1. The Labute approximate surface area is 111 Å². The molecule has 3 N–H and O–H groups in total. The van der Waals surface area contributed by atoms with E-state index < -0.39 is 6.04 Å². The van der Waals surface area contributed by atoms with Crippen molar-refractivity contribution in [1.82, 2.24) is 20.0 Å². The van der Waals surface area contributed by atoms with Crippen molar-refractivity contribution >= 4 is 17.6 Å². The van der Waals surface area contributed by atoms with E-state index in [4.69, 9.17) is 5.73 Å². The van der Waals surface area contributed by atoms with Crippen LogP contribution in [-0.2, 0) is 11.8 Å². The predicted octanol–water partition coefficient (Wildman–Crippen LogP) is -0.257. The number of hydrogen-bond donors (Lipinski definition) is 2. The standard InChI is InChI=1S/C12H19N5O2/c1-8(12(19)17-5-3-4-6-17)15-11(18)9-7-14-16(2)10(9)13/h7-8H,3-6,13H2,1-2H3,(H,15,18). The number of amides is 2. The molecule has 0 aromatic carbocycles. The van der Waals surface area contributed by atoms with E-state index in [2.05, 4.69) is 10.4 Å². The minimum atomic E-state index is -0.551. The lowest BCUT2D eigenvalue weighted by molar-refractivity contribution is -0.131. The molecule has 1 aliphatic heterocycles. The van der Waals surface area contributed by atoms with E-state index in [1.165, 1.54) is 10.9 Å². The van der Waals surface area contributed by atoms with Gasteiger partial charge in [0.2, 0.25) is 5.91 Å². The quantitative estimate of drug-likeness (QED) is 0.787. The van der Waals surface area contributed by atoms with Crippen molar-refractivity contribution in [2.24, 2.45) is 7.05 Å². The number of nitrogens with two attached hydrogens (primary N) is 1. The smallest absolute Gasteiger partial charge is 0.257 e. The van der Waals surface area contributed by atoms with E-state index in [0.29, 0.717) is 11.4 Å². The minimum absolute atomic E-state index is 0.0479. The average Bonchev–Trinajstić information content (AvgIpc) is 3.00. The molecule has 0 bridgehead atoms. The Bertz CT molecular complexity index is 490. The lowest BCUT2D eigenvalue weighted by Crippen LogP contribution is -2.46. The van der Waals surface area contributed by atoms with E-state index in [1.54, 1.807) is 18.9 Å². The molecule has 104 valence electrons. The summed E-state index contributed by atoms with van der Waals surface area (Å²) in [5.41, 5.74) is 6.02. The Morgan fingerprint density at radius 2 is 2.05 bits per heavy atom. The predicted molar refractivity (Wildman–Crippen MR) is 70.4 cm³/mol. The van der Waals surface area contributed by atoms with Gasteiger partial charge in [-0.15, -0.1) is 0 Å². The summed E-state index contributed by atoms with van der Waals surface area (Å²) < 4.78 is 1.42. The van der Waals surface area contributed by atoms with E-state index in [-0.39, 0.29) is 11.8 Å². The fourth-order valence-corrected chi connectivity index (χ4v) is 2.17. The molecule has 7 heteroatoms. The van der Waals surface area contributed by atoms with Crippen LogP contribution in [0.2, 0.25) is 0 Å². The van der Waals surface area contributed by atoms with E-state index in [1.807, 2.05) is 0 Å². The van der Waals surface area contributed by atoms with E-state index in [9.17, 15) is 9.59 Å². The van der Waals surface area contributed by atoms with Gasteiger partial charge in [-0.05, 0) is 19.8 Å². The summed E-state index contributed by atoms with van der Waals surface area (Å²) in [7, 11) is 1.66. The van der Waals surface area contributed by atoms with Crippen molar-refractivity contribution in [3.05, 3.63) is 11.8 Å². The Hall–Kier alpha value is -2.05. The number of aryl methyl sites for hydroxylation is 1. The van der Waals surface area contributed by atoms with Crippen LogP contribution in [0.15, 0.2) is 6.20 Å². The molecular weight excluding hydrogens is 246 g/mol. The molecular formula is C12H19N5O2. The van der Waals surface area contributed by atoms with Crippen molar-refractivity contribution in [3.63, 3.8) is 0 Å². The molecule has 1 atom stereocenters. The van der Waals surface area contributed by atoms with Crippen molar-refractivity contribution in [2.75, 3.05) is 18.8 Å². The third-order valence-electron chi connectivity index (χ3n) is 3.37. The van der Waals surface area contributed by atoms with Crippen LogP contribution >= 0.6 is 0 Å². The Balaban J connectivity index is 1.98. The van der Waals surface area contributed by atoms with Crippen LogP contribution in [-0.4, -0.2) is 45.6 Å². The third kappa shape index (κ3) is 2.69. The molecule has 1 unspecified atom stereocenters. The van der Waals surface area contributed by atoms with Crippen LogP contribution in [0.3, 0.4) is 0 Å². The van der Waals surface area contributed by atoms with Gasteiger partial charge in [0.1, 0.15) is 17.4 Å². The van der Waals surface area contributed by atoms with Crippen LogP contribution in [0.1, 0.15) is 30.1 Å². The van der Waals surface area contributed by atoms with Crippen molar-refractivity contribution in [2.45, 2.75) is 25.8 Å². The van der Waals surface area contributed by atoms with Crippen molar-refractivity contribution in [3.8, 4) is 0 Å². The summed E-state index contributed by atoms with van der Waals surface area (Å²) in [4.78, 5) is 25.8. The zero-order valence-electron chi connectivity index (χ0n) is 11.2. The number of nitrogens with zero attached hydrogens (tertiary/aromatic N) is 3. The molecule has 2 rings (SSSR count). The second-order valence-corrected chi connectivity index (χ2v) is 4.79. The second-order valence-electron chi connectivity index (χ2n) is 4.79. The number of rotatable bonds is 3. The van der Waals surface area contributed by atoms with Gasteiger partial charge in [-0.3, -0.25) is 14.3 Å². The normalized spacial score (nSPS) is 16.4. The van der Waals surface area contributed by atoms with Gasteiger partial charge >= 0.3 is 0 Å². The van der Waals surface area contributed by atoms with E-state index >= 15 is 0 Å². The highest BCUT2D eigenvalue weighted by Crippen LogP contribution is 2.11. The first-order valence-electron chi connectivity index (χ1n) is 6.38. The van der Waals surface area contributed by atoms with Gasteiger partial charge in [0.15, 0.2) is 0 Å². The number of likely N-dealkylation sites (tertiary alicyclic amines) is 1. The zero-order valence-corrected chi connectivity index (χ0v) is 11.2. The lowest BCUT2D eigenvalue weighted by atomic mass is 10.2. The number of carbonyl (C=O) groups is 2. The maximum absolute atomic E-state index is 12.1. The minimum Gasteiger partial charge on any atom is -0.383 e. The highest BCUT2D eigenvalue weighted by atomic mass is 16.2. The Morgan fingerprint density at radius 3 is 2.58 bits per heavy atom. The highest BCUT2D eigenvalue weighted by Gasteiger charge is 2.25. The Kier molecular flexibility index (Phi) is 3.73. The molecule has 2 amide bonds. The number of aromatic nitrogens is 2. The molecule has 0 radical (unpaired) electrons. The molecule has 0 saturated carbocycles. The number of hydrogen-bond acceptors (Lipinski definition) is 4. The molecule has 1 aromatic heterocycles. The van der Waals surface area contributed by atoms with Gasteiger partial charge in [-0.1, -0.05) is 0 Å². The van der Waals surface area contributed by atoms with Gasteiger partial charge in [-0.2, -0.15) is 5.10 Å². The zero-order chi connectivity index (χ0) is 14.0. The van der Waals surface area contributed by atoms with Gasteiger partial charge < -0.3 is 16.0 Å². The maximum Gasteiger partial charge on any atom is 0.257 e. The molecule has 0 spiro atoms. The summed E-state index contributed by atoms with van der Waals surface area (Å²) in [6, 6.07) is -0.551. The average molecular weight is 265 g/mol. The van der Waals surface area contributed by atoms with E-state index in [0.717, 1.165) is 25.9 Å².